The van der Waals surface area contributed by atoms with E-state index < -0.39 is 0 Å². The van der Waals surface area contributed by atoms with Crippen molar-refractivity contribution in [3.63, 3.8) is 0 Å². The number of aryl methyl sites for hydroxylation is 1. The van der Waals surface area contributed by atoms with Crippen molar-refractivity contribution >= 4 is 28.9 Å². The maximum atomic E-state index is 13.4. The van der Waals surface area contributed by atoms with Crippen LogP contribution in [0.25, 0.3) is 0 Å². The standard InChI is InChI=1S/C34H44N4O4/c1-4-5-6-10-26-13-15-27(16-14-26)33(39)36-28-17-18-30(29(25-28)34(40)35-19-9-24-41-2)37-20-22-38(23-21-37)31-11-7-8-12-32(31)42-3/h7-8,11-18,25H,4-6,9-10,19-24H2,1-3H3,(H,35,40)(H,36,39). The highest BCUT2D eigenvalue weighted by Gasteiger charge is 2.24. The molecule has 3 aromatic carbocycles. The van der Waals surface area contributed by atoms with Crippen LogP contribution in [0.3, 0.4) is 0 Å². The Hall–Kier alpha value is -4.04. The lowest BCUT2D eigenvalue weighted by Gasteiger charge is -2.38. The third-order valence-corrected chi connectivity index (χ3v) is 7.64. The van der Waals surface area contributed by atoms with Crippen molar-refractivity contribution in [2.45, 2.75) is 39.0 Å². The van der Waals surface area contributed by atoms with E-state index in [1.54, 1.807) is 20.3 Å². The van der Waals surface area contributed by atoms with Crippen molar-refractivity contribution < 1.29 is 19.1 Å². The summed E-state index contributed by atoms with van der Waals surface area (Å²) in [5, 5.41) is 6.01. The van der Waals surface area contributed by atoms with Crippen LogP contribution in [0.1, 0.15) is 58.9 Å². The van der Waals surface area contributed by atoms with Crippen molar-refractivity contribution in [3.05, 3.63) is 83.4 Å². The Morgan fingerprint density at radius 1 is 0.810 bits per heavy atom. The highest BCUT2D eigenvalue weighted by atomic mass is 16.5. The van der Waals surface area contributed by atoms with Crippen LogP contribution in [0, 0.1) is 0 Å². The van der Waals surface area contributed by atoms with E-state index in [2.05, 4.69) is 33.4 Å². The van der Waals surface area contributed by atoms with Crippen LogP contribution >= 0.6 is 0 Å². The fourth-order valence-electron chi connectivity index (χ4n) is 5.27. The number of piperazine rings is 1. The zero-order valence-corrected chi connectivity index (χ0v) is 25.2. The fourth-order valence-corrected chi connectivity index (χ4v) is 5.27. The van der Waals surface area contributed by atoms with Crippen molar-refractivity contribution in [2.24, 2.45) is 0 Å². The number of benzene rings is 3. The van der Waals surface area contributed by atoms with Crippen LogP contribution in [-0.4, -0.2) is 65.4 Å². The fraction of sp³-hybridized carbons (Fsp3) is 0.412. The molecule has 2 amide bonds. The minimum Gasteiger partial charge on any atom is -0.495 e. The highest BCUT2D eigenvalue weighted by Crippen LogP contribution is 2.31. The van der Waals surface area contributed by atoms with Gasteiger partial charge in [0.05, 0.1) is 18.4 Å². The van der Waals surface area contributed by atoms with Crippen molar-refractivity contribution in [2.75, 3.05) is 68.7 Å². The summed E-state index contributed by atoms with van der Waals surface area (Å²) in [6.07, 6.45) is 5.29. The second-order valence-corrected chi connectivity index (χ2v) is 10.6. The molecule has 0 bridgehead atoms. The summed E-state index contributed by atoms with van der Waals surface area (Å²) in [5.74, 6) is 0.494. The number of carbonyl (C=O) groups excluding carboxylic acids is 2. The molecular weight excluding hydrogens is 528 g/mol. The Morgan fingerprint density at radius 2 is 1.52 bits per heavy atom. The first kappa shape index (κ1) is 30.9. The lowest BCUT2D eigenvalue weighted by atomic mass is 10.0. The number of ether oxygens (including phenoxy) is 2. The monoisotopic (exact) mass is 572 g/mol. The quantitative estimate of drug-likeness (QED) is 0.239. The first-order chi connectivity index (χ1) is 20.5. The molecule has 0 atom stereocenters. The number of anilines is 3. The summed E-state index contributed by atoms with van der Waals surface area (Å²) < 4.78 is 10.7. The smallest absolute Gasteiger partial charge is 0.255 e. The zero-order valence-electron chi connectivity index (χ0n) is 25.2. The van der Waals surface area contributed by atoms with Gasteiger partial charge in [-0.15, -0.1) is 0 Å². The van der Waals surface area contributed by atoms with Crippen LogP contribution in [0.15, 0.2) is 66.7 Å². The number of methoxy groups -OCH3 is 2. The van der Waals surface area contributed by atoms with Gasteiger partial charge in [-0.1, -0.05) is 44.0 Å². The van der Waals surface area contributed by atoms with Gasteiger partial charge in [0.15, 0.2) is 0 Å². The van der Waals surface area contributed by atoms with Gasteiger partial charge in [0.25, 0.3) is 11.8 Å². The van der Waals surface area contributed by atoms with Gasteiger partial charge in [0.1, 0.15) is 5.75 Å². The Kier molecular flexibility index (Phi) is 11.6. The maximum Gasteiger partial charge on any atom is 0.255 e. The number of hydrogen-bond acceptors (Lipinski definition) is 6. The molecule has 1 aliphatic rings. The molecule has 1 heterocycles. The van der Waals surface area contributed by atoms with E-state index in [0.29, 0.717) is 30.0 Å². The van der Waals surface area contributed by atoms with Crippen LogP contribution in [0.2, 0.25) is 0 Å². The molecule has 4 rings (SSSR count). The predicted octanol–water partition coefficient (Wildman–Crippen LogP) is 5.77. The molecule has 8 heteroatoms. The number of para-hydroxylation sites is 2. The van der Waals surface area contributed by atoms with Gasteiger partial charge in [-0.05, 0) is 67.3 Å². The van der Waals surface area contributed by atoms with Gasteiger partial charge in [0.2, 0.25) is 0 Å². The maximum absolute atomic E-state index is 13.4. The van der Waals surface area contributed by atoms with E-state index in [1.807, 2.05) is 54.6 Å². The summed E-state index contributed by atoms with van der Waals surface area (Å²) in [4.78, 5) is 31.0. The Bertz CT molecular complexity index is 1300. The van der Waals surface area contributed by atoms with Crippen LogP contribution in [-0.2, 0) is 11.2 Å². The molecule has 0 spiro atoms. The van der Waals surface area contributed by atoms with E-state index in [1.165, 1.54) is 18.4 Å². The van der Waals surface area contributed by atoms with Gasteiger partial charge >= 0.3 is 0 Å². The number of carbonyl (C=O) groups is 2. The van der Waals surface area contributed by atoms with E-state index >= 15 is 0 Å². The van der Waals surface area contributed by atoms with Crippen molar-refractivity contribution in [1.29, 1.82) is 0 Å². The largest absolute Gasteiger partial charge is 0.495 e. The molecule has 1 aliphatic heterocycles. The summed E-state index contributed by atoms with van der Waals surface area (Å²) in [7, 11) is 3.34. The van der Waals surface area contributed by atoms with E-state index in [0.717, 1.165) is 62.6 Å². The molecule has 0 saturated carbocycles. The first-order valence-corrected chi connectivity index (χ1v) is 15.0. The Labute approximate surface area is 250 Å². The summed E-state index contributed by atoms with van der Waals surface area (Å²) in [6.45, 7) is 6.36. The van der Waals surface area contributed by atoms with Crippen LogP contribution < -0.4 is 25.2 Å². The van der Waals surface area contributed by atoms with Crippen LogP contribution in [0.5, 0.6) is 5.75 Å². The molecule has 2 N–H and O–H groups in total. The SMILES string of the molecule is CCCCCc1ccc(C(=O)Nc2ccc(N3CCN(c4ccccc4OC)CC3)c(C(=O)NCCCOC)c2)cc1. The molecule has 0 aliphatic carbocycles. The highest BCUT2D eigenvalue weighted by molar-refractivity contribution is 6.06. The number of nitrogens with zero attached hydrogens (tertiary/aromatic N) is 2. The summed E-state index contributed by atoms with van der Waals surface area (Å²) >= 11 is 0. The molecule has 0 unspecified atom stereocenters. The number of rotatable bonds is 14. The molecule has 0 aromatic heterocycles. The number of amides is 2. The Balaban J connectivity index is 1.48. The van der Waals surface area contributed by atoms with E-state index in [9.17, 15) is 9.59 Å². The van der Waals surface area contributed by atoms with Gasteiger partial charge in [-0.2, -0.15) is 0 Å². The summed E-state index contributed by atoms with van der Waals surface area (Å²) in [6, 6.07) is 21.4. The zero-order chi connectivity index (χ0) is 29.7. The molecule has 8 nitrogen and oxygen atoms in total. The van der Waals surface area contributed by atoms with Gasteiger partial charge in [-0.3, -0.25) is 9.59 Å². The van der Waals surface area contributed by atoms with Gasteiger partial charge in [-0.25, -0.2) is 0 Å². The second-order valence-electron chi connectivity index (χ2n) is 10.6. The average molecular weight is 573 g/mol. The van der Waals surface area contributed by atoms with Crippen molar-refractivity contribution in [1.82, 2.24) is 5.32 Å². The molecule has 1 fully saturated rings. The molecule has 224 valence electrons. The van der Waals surface area contributed by atoms with E-state index in [-0.39, 0.29) is 11.8 Å². The lowest BCUT2D eigenvalue weighted by molar-refractivity contribution is 0.0947. The lowest BCUT2D eigenvalue weighted by Crippen LogP contribution is -2.47. The second kappa shape index (κ2) is 15.8. The molecule has 0 radical (unpaired) electrons. The molecule has 1 saturated heterocycles. The van der Waals surface area contributed by atoms with Gasteiger partial charge < -0.3 is 29.9 Å². The minimum atomic E-state index is -0.195. The molecular formula is C34H44N4O4. The first-order valence-electron chi connectivity index (χ1n) is 15.0. The van der Waals surface area contributed by atoms with Crippen molar-refractivity contribution in [3.8, 4) is 5.75 Å². The number of unbranched alkanes of at least 4 members (excludes halogenated alkanes) is 2. The van der Waals surface area contributed by atoms with E-state index in [4.69, 9.17) is 9.47 Å². The Morgan fingerprint density at radius 3 is 2.21 bits per heavy atom. The number of hydrogen-bond donors (Lipinski definition) is 2. The summed E-state index contributed by atoms with van der Waals surface area (Å²) in [5.41, 5.74) is 4.89. The third-order valence-electron chi connectivity index (χ3n) is 7.64. The normalized spacial score (nSPS) is 13.1. The average Bonchev–Trinajstić information content (AvgIpc) is 3.03. The van der Waals surface area contributed by atoms with Gasteiger partial charge in [0, 0.05) is 63.4 Å². The molecule has 3 aromatic rings. The predicted molar refractivity (Wildman–Crippen MR) is 170 cm³/mol. The van der Waals surface area contributed by atoms with Crippen LogP contribution in [0.4, 0.5) is 17.1 Å². The topological polar surface area (TPSA) is 83.1 Å². The molecule has 42 heavy (non-hydrogen) atoms. The third kappa shape index (κ3) is 8.26. The minimum absolute atomic E-state index is 0.166. The number of nitrogens with one attached hydrogen (secondary N) is 2.